The lowest BCUT2D eigenvalue weighted by atomic mass is 10.1. The van der Waals surface area contributed by atoms with Gasteiger partial charge >= 0.3 is 6.03 Å². The highest BCUT2D eigenvalue weighted by Gasteiger charge is 2.51. The number of benzene rings is 1. The van der Waals surface area contributed by atoms with Gasteiger partial charge < -0.3 is 10.6 Å². The van der Waals surface area contributed by atoms with Gasteiger partial charge in [0.1, 0.15) is 6.04 Å². The molecular formula is C17H16N5O3. The fourth-order valence-corrected chi connectivity index (χ4v) is 3.49. The lowest BCUT2D eigenvalue weighted by molar-refractivity contribution is -0.119. The molecule has 2 atom stereocenters. The number of carbonyl (C=O) groups excluding carboxylic acids is 2. The number of hydrogen-bond acceptors (Lipinski definition) is 4. The molecule has 4 rings (SSSR count). The quantitative estimate of drug-likeness (QED) is 0.870. The van der Waals surface area contributed by atoms with Crippen molar-refractivity contribution in [1.29, 1.82) is 0 Å². The number of amides is 3. The molecule has 0 spiro atoms. The SMILES string of the molecule is NC(=O)C1[C@H]2[CH]CCN2C(=O)N1c1ccc(-n2ccncc2=O)cc1. The number of aromatic nitrogens is 2. The summed E-state index contributed by atoms with van der Waals surface area (Å²) in [5.41, 5.74) is 6.52. The summed E-state index contributed by atoms with van der Waals surface area (Å²) in [6.07, 6.45) is 7.03. The van der Waals surface area contributed by atoms with Crippen LogP contribution in [0.25, 0.3) is 5.69 Å². The van der Waals surface area contributed by atoms with Gasteiger partial charge in [-0.15, -0.1) is 0 Å². The minimum Gasteiger partial charge on any atom is -0.368 e. The predicted octanol–water partition coefficient (Wildman–Crippen LogP) is 0.305. The first-order valence-corrected chi connectivity index (χ1v) is 7.93. The molecule has 127 valence electrons. The number of fused-ring (bicyclic) bond motifs is 1. The molecule has 3 amide bonds. The molecular weight excluding hydrogens is 322 g/mol. The van der Waals surface area contributed by atoms with Gasteiger partial charge in [0.25, 0.3) is 5.56 Å². The standard InChI is InChI=1S/C17H16N5O3/c18-16(24)15-13-2-1-8-21(13)17(25)22(15)12-5-3-11(4-6-12)20-9-7-19-10-14(20)23/h2-7,9-10,13,15H,1,8H2,(H2,18,24)/t13-,15?/m1/s1. The Kier molecular flexibility index (Phi) is 3.52. The van der Waals surface area contributed by atoms with E-state index in [-0.39, 0.29) is 17.6 Å². The van der Waals surface area contributed by atoms with Crippen molar-refractivity contribution in [3.8, 4) is 5.69 Å². The minimum atomic E-state index is -0.718. The largest absolute Gasteiger partial charge is 0.368 e. The zero-order valence-corrected chi connectivity index (χ0v) is 13.3. The molecule has 1 aromatic carbocycles. The summed E-state index contributed by atoms with van der Waals surface area (Å²) in [6.45, 7) is 0.592. The molecule has 1 radical (unpaired) electrons. The number of urea groups is 1. The molecule has 0 saturated carbocycles. The van der Waals surface area contributed by atoms with E-state index in [2.05, 4.69) is 4.98 Å². The van der Waals surface area contributed by atoms with Crippen molar-refractivity contribution in [2.75, 3.05) is 11.4 Å². The van der Waals surface area contributed by atoms with E-state index in [0.717, 1.165) is 6.42 Å². The van der Waals surface area contributed by atoms with Gasteiger partial charge in [0, 0.05) is 30.3 Å². The van der Waals surface area contributed by atoms with Crippen molar-refractivity contribution in [1.82, 2.24) is 14.5 Å². The van der Waals surface area contributed by atoms with Crippen LogP contribution in [-0.2, 0) is 4.79 Å². The van der Waals surface area contributed by atoms with Crippen molar-refractivity contribution in [3.63, 3.8) is 0 Å². The highest BCUT2D eigenvalue weighted by Crippen LogP contribution is 2.34. The van der Waals surface area contributed by atoms with Gasteiger partial charge in [-0.05, 0) is 37.1 Å². The molecule has 2 saturated heterocycles. The Balaban J connectivity index is 1.70. The summed E-state index contributed by atoms with van der Waals surface area (Å²) in [7, 11) is 0. The average molecular weight is 338 g/mol. The predicted molar refractivity (Wildman–Crippen MR) is 90.1 cm³/mol. The van der Waals surface area contributed by atoms with E-state index in [4.69, 9.17) is 5.73 Å². The lowest BCUT2D eigenvalue weighted by Gasteiger charge is -2.23. The lowest BCUT2D eigenvalue weighted by Crippen LogP contribution is -2.46. The van der Waals surface area contributed by atoms with Crippen LogP contribution in [0.4, 0.5) is 10.5 Å². The summed E-state index contributed by atoms with van der Waals surface area (Å²) in [4.78, 5) is 43.3. The number of carbonyl (C=O) groups is 2. The number of rotatable bonds is 3. The van der Waals surface area contributed by atoms with Crippen molar-refractivity contribution in [3.05, 3.63) is 59.6 Å². The smallest absolute Gasteiger partial charge is 0.325 e. The highest BCUT2D eigenvalue weighted by molar-refractivity contribution is 6.04. The van der Waals surface area contributed by atoms with Crippen LogP contribution in [0.5, 0.6) is 0 Å². The highest BCUT2D eigenvalue weighted by atomic mass is 16.2. The van der Waals surface area contributed by atoms with Crippen LogP contribution < -0.4 is 16.2 Å². The Hall–Kier alpha value is -3.16. The van der Waals surface area contributed by atoms with Gasteiger partial charge in [0.05, 0.1) is 12.2 Å². The first-order valence-electron chi connectivity index (χ1n) is 7.93. The second-order valence-corrected chi connectivity index (χ2v) is 6.01. The zero-order chi connectivity index (χ0) is 17.6. The zero-order valence-electron chi connectivity index (χ0n) is 13.3. The van der Waals surface area contributed by atoms with Crippen LogP contribution in [0.15, 0.2) is 47.7 Å². The Morgan fingerprint density at radius 2 is 1.88 bits per heavy atom. The molecule has 8 nitrogen and oxygen atoms in total. The maximum absolute atomic E-state index is 12.7. The molecule has 25 heavy (non-hydrogen) atoms. The number of anilines is 1. The van der Waals surface area contributed by atoms with Gasteiger partial charge in [-0.3, -0.25) is 24.0 Å². The van der Waals surface area contributed by atoms with Crippen LogP contribution in [0.1, 0.15) is 6.42 Å². The Morgan fingerprint density at radius 3 is 2.56 bits per heavy atom. The van der Waals surface area contributed by atoms with Gasteiger partial charge in [-0.2, -0.15) is 0 Å². The second kappa shape index (κ2) is 5.73. The Bertz CT molecular complexity index is 892. The van der Waals surface area contributed by atoms with Gasteiger partial charge in [-0.25, -0.2) is 4.79 Å². The van der Waals surface area contributed by atoms with E-state index in [1.807, 2.05) is 6.42 Å². The molecule has 8 heteroatoms. The van der Waals surface area contributed by atoms with E-state index in [9.17, 15) is 14.4 Å². The van der Waals surface area contributed by atoms with Crippen molar-refractivity contribution >= 4 is 17.6 Å². The maximum Gasteiger partial charge on any atom is 0.325 e. The molecule has 2 aliphatic heterocycles. The first-order chi connectivity index (χ1) is 12.1. The number of nitrogens with two attached hydrogens (primary N) is 1. The molecule has 1 unspecified atom stereocenters. The van der Waals surface area contributed by atoms with Crippen molar-refractivity contribution in [2.45, 2.75) is 18.5 Å². The Labute approximate surface area is 143 Å². The van der Waals surface area contributed by atoms with Crippen LogP contribution in [0.2, 0.25) is 0 Å². The number of primary amides is 1. The molecule has 2 fully saturated rings. The second-order valence-electron chi connectivity index (χ2n) is 6.01. The molecule has 0 bridgehead atoms. The topological polar surface area (TPSA) is 102 Å². The molecule has 2 aliphatic rings. The third-order valence-electron chi connectivity index (χ3n) is 4.61. The van der Waals surface area contributed by atoms with Gasteiger partial charge in [0.2, 0.25) is 5.91 Å². The Morgan fingerprint density at radius 1 is 1.16 bits per heavy atom. The average Bonchev–Trinajstić information content (AvgIpc) is 3.18. The molecule has 1 aromatic heterocycles. The van der Waals surface area contributed by atoms with Crippen LogP contribution in [-0.4, -0.2) is 45.0 Å². The summed E-state index contributed by atoms with van der Waals surface area (Å²) in [5.74, 6) is -0.534. The maximum atomic E-state index is 12.7. The summed E-state index contributed by atoms with van der Waals surface area (Å²) in [6, 6.07) is 5.62. The van der Waals surface area contributed by atoms with E-state index in [1.165, 1.54) is 21.9 Å². The first kappa shape index (κ1) is 15.4. The summed E-state index contributed by atoms with van der Waals surface area (Å²) < 4.78 is 1.44. The van der Waals surface area contributed by atoms with Crippen molar-refractivity contribution in [2.24, 2.45) is 5.73 Å². The molecule has 3 heterocycles. The van der Waals surface area contributed by atoms with E-state index in [0.29, 0.717) is 17.9 Å². The van der Waals surface area contributed by atoms with Crippen LogP contribution in [0, 0.1) is 6.42 Å². The summed E-state index contributed by atoms with van der Waals surface area (Å²) >= 11 is 0. The van der Waals surface area contributed by atoms with Gasteiger partial charge in [0.15, 0.2) is 0 Å². The fraction of sp³-hybridized carbons (Fsp3) is 0.235. The number of nitrogens with zero attached hydrogens (tertiary/aromatic N) is 4. The molecule has 0 aliphatic carbocycles. The van der Waals surface area contributed by atoms with Crippen LogP contribution in [0.3, 0.4) is 0 Å². The third kappa shape index (κ3) is 2.37. The van der Waals surface area contributed by atoms with Gasteiger partial charge in [-0.1, -0.05) is 0 Å². The van der Waals surface area contributed by atoms with E-state index in [1.54, 1.807) is 35.4 Å². The monoisotopic (exact) mass is 338 g/mol. The summed E-state index contributed by atoms with van der Waals surface area (Å²) in [5, 5.41) is 0. The fourth-order valence-electron chi connectivity index (χ4n) is 3.49. The van der Waals surface area contributed by atoms with Crippen molar-refractivity contribution < 1.29 is 9.59 Å². The van der Waals surface area contributed by atoms with Crippen LogP contribution >= 0.6 is 0 Å². The van der Waals surface area contributed by atoms with E-state index >= 15 is 0 Å². The van der Waals surface area contributed by atoms with E-state index < -0.39 is 11.9 Å². The molecule has 2 N–H and O–H groups in total. The third-order valence-corrected chi connectivity index (χ3v) is 4.61. The molecule has 2 aromatic rings. The number of hydrogen-bond donors (Lipinski definition) is 1. The minimum absolute atomic E-state index is 0.226. The normalized spacial score (nSPS) is 22.3.